The van der Waals surface area contributed by atoms with Crippen LogP contribution in [0.25, 0.3) is 0 Å². The Morgan fingerprint density at radius 2 is 1.80 bits per heavy atom. The summed E-state index contributed by atoms with van der Waals surface area (Å²) in [5.74, 6) is -2.96. The largest absolute Gasteiger partial charge is 0.481 e. The molecule has 0 aliphatic rings. The molecule has 0 aromatic rings. The predicted octanol–water partition coefficient (Wildman–Crippen LogP) is -0.443. The van der Waals surface area contributed by atoms with Crippen LogP contribution in [0.4, 0.5) is 4.79 Å². The number of hydrogen-bond donors (Lipinski definition) is 4. The lowest BCUT2D eigenvalue weighted by atomic mass is 10.1. The molecule has 0 saturated carbocycles. The van der Waals surface area contributed by atoms with Crippen molar-refractivity contribution in [1.29, 1.82) is 0 Å². The van der Waals surface area contributed by atoms with Gasteiger partial charge in [0.15, 0.2) is 0 Å². The van der Waals surface area contributed by atoms with Crippen molar-refractivity contribution in [2.24, 2.45) is 0 Å². The van der Waals surface area contributed by atoms with Gasteiger partial charge in [-0.3, -0.25) is 9.59 Å². The second-order valence-corrected chi connectivity index (χ2v) is 3.78. The van der Waals surface area contributed by atoms with Gasteiger partial charge in [-0.15, -0.1) is 0 Å². The van der Waals surface area contributed by atoms with Gasteiger partial charge < -0.3 is 25.6 Å². The fraction of sp³-hybridized carbons (Fsp3) is 0.636. The zero-order chi connectivity index (χ0) is 15.5. The van der Waals surface area contributed by atoms with Crippen molar-refractivity contribution in [2.45, 2.75) is 32.2 Å². The molecule has 2 amide bonds. The van der Waals surface area contributed by atoms with Crippen molar-refractivity contribution in [3.63, 3.8) is 0 Å². The van der Waals surface area contributed by atoms with Crippen LogP contribution in [-0.4, -0.2) is 53.3 Å². The number of ether oxygens (including phenoxy) is 1. The number of carbonyl (C=O) groups is 4. The molecule has 0 aromatic heterocycles. The van der Waals surface area contributed by atoms with Crippen LogP contribution in [0.2, 0.25) is 0 Å². The molecule has 0 spiro atoms. The molecule has 0 aliphatic carbocycles. The van der Waals surface area contributed by atoms with Gasteiger partial charge in [0.2, 0.25) is 0 Å². The molecule has 0 saturated heterocycles. The van der Waals surface area contributed by atoms with E-state index in [1.54, 1.807) is 6.92 Å². The van der Waals surface area contributed by atoms with E-state index in [9.17, 15) is 19.2 Å². The molecule has 0 bridgehead atoms. The average molecular weight is 290 g/mol. The van der Waals surface area contributed by atoms with E-state index in [-0.39, 0.29) is 32.4 Å². The van der Waals surface area contributed by atoms with E-state index < -0.39 is 30.0 Å². The predicted molar refractivity (Wildman–Crippen MR) is 66.1 cm³/mol. The molecule has 0 fully saturated rings. The summed E-state index contributed by atoms with van der Waals surface area (Å²) >= 11 is 0. The van der Waals surface area contributed by atoms with E-state index in [1.165, 1.54) is 0 Å². The molecule has 0 heterocycles. The topological polar surface area (TPSA) is 142 Å². The number of nitrogens with one attached hydrogen (secondary N) is 2. The molecule has 9 heteroatoms. The summed E-state index contributed by atoms with van der Waals surface area (Å²) in [7, 11) is 0. The van der Waals surface area contributed by atoms with E-state index in [0.717, 1.165) is 0 Å². The Labute approximate surface area is 115 Å². The maximum Gasteiger partial charge on any atom is 0.326 e. The van der Waals surface area contributed by atoms with E-state index in [0.29, 0.717) is 0 Å². The third kappa shape index (κ3) is 8.72. The summed E-state index contributed by atoms with van der Waals surface area (Å²) in [6.45, 7) is 1.88. The number of hydrogen-bond acceptors (Lipinski definition) is 5. The summed E-state index contributed by atoms with van der Waals surface area (Å²) in [6.07, 6.45) is -0.635. The highest BCUT2D eigenvalue weighted by atomic mass is 16.5. The van der Waals surface area contributed by atoms with Crippen molar-refractivity contribution in [3.8, 4) is 0 Å². The number of rotatable bonds is 9. The van der Waals surface area contributed by atoms with Gasteiger partial charge in [-0.25, -0.2) is 9.59 Å². The molecule has 4 N–H and O–H groups in total. The molecule has 9 nitrogen and oxygen atoms in total. The van der Waals surface area contributed by atoms with Crippen LogP contribution in [-0.2, 0) is 19.1 Å². The smallest absolute Gasteiger partial charge is 0.326 e. The molecule has 1 atom stereocenters. The lowest BCUT2D eigenvalue weighted by Gasteiger charge is -2.14. The molecule has 0 rings (SSSR count). The summed E-state index contributed by atoms with van der Waals surface area (Å²) in [4.78, 5) is 43.5. The van der Waals surface area contributed by atoms with Gasteiger partial charge in [-0.2, -0.15) is 0 Å². The summed E-state index contributed by atoms with van der Waals surface area (Å²) < 4.78 is 4.64. The number of carbonyl (C=O) groups excluding carboxylic acids is 2. The Morgan fingerprint density at radius 1 is 1.15 bits per heavy atom. The summed E-state index contributed by atoms with van der Waals surface area (Å²) in [5.41, 5.74) is 0. The van der Waals surface area contributed by atoms with Crippen molar-refractivity contribution in [1.82, 2.24) is 10.6 Å². The monoisotopic (exact) mass is 290 g/mol. The highest BCUT2D eigenvalue weighted by molar-refractivity contribution is 5.83. The van der Waals surface area contributed by atoms with Crippen LogP contribution in [0.15, 0.2) is 0 Å². The van der Waals surface area contributed by atoms with E-state index in [4.69, 9.17) is 10.2 Å². The van der Waals surface area contributed by atoms with Crippen molar-refractivity contribution in [2.75, 3.05) is 13.2 Å². The van der Waals surface area contributed by atoms with Gasteiger partial charge in [-0.1, -0.05) is 0 Å². The molecule has 20 heavy (non-hydrogen) atoms. The average Bonchev–Trinajstić information content (AvgIpc) is 2.34. The van der Waals surface area contributed by atoms with Gasteiger partial charge in [0.05, 0.1) is 13.0 Å². The zero-order valence-corrected chi connectivity index (χ0v) is 11.0. The van der Waals surface area contributed by atoms with Crippen LogP contribution >= 0.6 is 0 Å². The van der Waals surface area contributed by atoms with Gasteiger partial charge >= 0.3 is 23.9 Å². The van der Waals surface area contributed by atoms with E-state index >= 15 is 0 Å². The molecule has 114 valence electrons. The third-order valence-corrected chi connectivity index (χ3v) is 2.17. The van der Waals surface area contributed by atoms with Crippen LogP contribution in [0.1, 0.15) is 26.2 Å². The standard InChI is InChI=1S/C11H18N2O7/c1-2-20-9(16)5-6-12-11(19)13-7(10(17)18)3-4-8(14)15/h7H,2-6H2,1H3,(H,14,15)(H,17,18)(H2,12,13,19)/t7-/m0/s1. The first-order chi connectivity index (χ1) is 9.36. The number of aliphatic carboxylic acids is 2. The Balaban J connectivity index is 4.04. The Hall–Kier alpha value is -2.32. The number of amides is 2. The molecule has 0 unspecified atom stereocenters. The fourth-order valence-electron chi connectivity index (χ4n) is 1.25. The number of urea groups is 1. The number of carboxylic acid groups (broad SMARTS) is 2. The maximum absolute atomic E-state index is 11.4. The molecule has 0 aromatic carbocycles. The molecule has 0 aliphatic heterocycles. The minimum Gasteiger partial charge on any atom is -0.481 e. The van der Waals surface area contributed by atoms with Crippen LogP contribution < -0.4 is 10.6 Å². The molecule has 0 radical (unpaired) electrons. The van der Waals surface area contributed by atoms with E-state index in [1.807, 2.05) is 0 Å². The van der Waals surface area contributed by atoms with Crippen molar-refractivity contribution >= 4 is 23.9 Å². The van der Waals surface area contributed by atoms with Gasteiger partial charge in [0.25, 0.3) is 0 Å². The zero-order valence-electron chi connectivity index (χ0n) is 11.0. The van der Waals surface area contributed by atoms with Crippen LogP contribution in [0, 0.1) is 0 Å². The van der Waals surface area contributed by atoms with E-state index in [2.05, 4.69) is 15.4 Å². The first kappa shape index (κ1) is 17.7. The SMILES string of the molecule is CCOC(=O)CCNC(=O)N[C@@H](CCC(=O)O)C(=O)O. The Morgan fingerprint density at radius 3 is 2.30 bits per heavy atom. The second-order valence-electron chi connectivity index (χ2n) is 3.78. The van der Waals surface area contributed by atoms with Gasteiger partial charge in [0.1, 0.15) is 6.04 Å². The first-order valence-electron chi connectivity index (χ1n) is 6.01. The maximum atomic E-state index is 11.4. The van der Waals surface area contributed by atoms with Crippen LogP contribution in [0.3, 0.4) is 0 Å². The fourth-order valence-corrected chi connectivity index (χ4v) is 1.25. The highest BCUT2D eigenvalue weighted by Gasteiger charge is 2.20. The Bertz CT molecular complexity index is 370. The quantitative estimate of drug-likeness (QED) is 0.421. The lowest BCUT2D eigenvalue weighted by molar-refractivity contribution is -0.143. The van der Waals surface area contributed by atoms with Crippen molar-refractivity contribution < 1.29 is 34.1 Å². The number of carboxylic acids is 2. The van der Waals surface area contributed by atoms with Gasteiger partial charge in [0, 0.05) is 13.0 Å². The third-order valence-electron chi connectivity index (χ3n) is 2.17. The highest BCUT2D eigenvalue weighted by Crippen LogP contribution is 1.98. The second kappa shape index (κ2) is 9.59. The summed E-state index contributed by atoms with van der Waals surface area (Å²) in [6, 6.07) is -2.08. The van der Waals surface area contributed by atoms with Gasteiger partial charge in [-0.05, 0) is 13.3 Å². The number of esters is 1. The summed E-state index contributed by atoms with van der Waals surface area (Å²) in [5, 5.41) is 21.7. The van der Waals surface area contributed by atoms with Crippen LogP contribution in [0.5, 0.6) is 0 Å². The minimum atomic E-state index is -1.33. The first-order valence-corrected chi connectivity index (χ1v) is 6.01. The normalized spacial score (nSPS) is 11.2. The molecular formula is C11H18N2O7. The Kier molecular flexibility index (Phi) is 8.48. The lowest BCUT2D eigenvalue weighted by Crippen LogP contribution is -2.46. The van der Waals surface area contributed by atoms with Crippen molar-refractivity contribution in [3.05, 3.63) is 0 Å². The molecular weight excluding hydrogens is 272 g/mol. The minimum absolute atomic E-state index is 0.00403.